The molecule has 1 aliphatic rings. The molecule has 0 aromatic carbocycles. The van der Waals surface area contributed by atoms with E-state index in [9.17, 15) is 4.79 Å². The highest BCUT2D eigenvalue weighted by Gasteiger charge is 2.14. The summed E-state index contributed by atoms with van der Waals surface area (Å²) in [5.74, 6) is 5.35. The lowest BCUT2D eigenvalue weighted by Crippen LogP contribution is -2.29. The quantitative estimate of drug-likeness (QED) is 0.425. The highest BCUT2D eigenvalue weighted by molar-refractivity contribution is 6.33. The number of carbonyl (C=O) groups excluding carboxylic acids is 1. The van der Waals surface area contributed by atoms with Crippen molar-refractivity contribution < 1.29 is 9.53 Å². The van der Waals surface area contributed by atoms with Crippen LogP contribution in [0.5, 0.6) is 0 Å². The van der Waals surface area contributed by atoms with Gasteiger partial charge in [-0.3, -0.25) is 4.79 Å². The van der Waals surface area contributed by atoms with Crippen molar-refractivity contribution in [3.8, 4) is 0 Å². The van der Waals surface area contributed by atoms with E-state index in [0.29, 0.717) is 35.7 Å². The van der Waals surface area contributed by atoms with Crippen molar-refractivity contribution in [3.05, 3.63) is 22.8 Å². The number of aromatic nitrogens is 1. The third-order valence-corrected chi connectivity index (χ3v) is 3.82. The first-order valence-corrected chi connectivity index (χ1v) is 7.60. The van der Waals surface area contributed by atoms with Gasteiger partial charge in [-0.15, -0.1) is 0 Å². The van der Waals surface area contributed by atoms with E-state index >= 15 is 0 Å². The molecular formula is C14H21ClN4O2. The van der Waals surface area contributed by atoms with Crippen LogP contribution in [0.15, 0.2) is 12.3 Å². The summed E-state index contributed by atoms with van der Waals surface area (Å²) in [6, 6.07) is 1.53. The van der Waals surface area contributed by atoms with Crippen molar-refractivity contribution in [1.29, 1.82) is 0 Å². The summed E-state index contributed by atoms with van der Waals surface area (Å²) in [5.41, 5.74) is 2.75. The smallest absolute Gasteiger partial charge is 0.252 e. The Balaban J connectivity index is 1.72. The van der Waals surface area contributed by atoms with E-state index in [-0.39, 0.29) is 5.91 Å². The van der Waals surface area contributed by atoms with E-state index in [1.165, 1.54) is 31.5 Å². The third kappa shape index (κ3) is 4.84. The van der Waals surface area contributed by atoms with Crippen LogP contribution in [0.25, 0.3) is 0 Å². The van der Waals surface area contributed by atoms with Crippen molar-refractivity contribution in [2.75, 3.05) is 18.6 Å². The first kappa shape index (κ1) is 16.0. The summed E-state index contributed by atoms with van der Waals surface area (Å²) in [7, 11) is 0. The highest BCUT2D eigenvalue weighted by Crippen LogP contribution is 2.20. The molecule has 1 aliphatic carbocycles. The number of hydrazine groups is 1. The van der Waals surface area contributed by atoms with Crippen molar-refractivity contribution in [2.45, 2.75) is 38.2 Å². The van der Waals surface area contributed by atoms with Crippen molar-refractivity contribution in [3.63, 3.8) is 0 Å². The van der Waals surface area contributed by atoms with Crippen LogP contribution in [0.4, 0.5) is 5.82 Å². The minimum absolute atomic E-state index is 0.222. The maximum Gasteiger partial charge on any atom is 0.252 e. The molecule has 4 N–H and O–H groups in total. The van der Waals surface area contributed by atoms with Crippen LogP contribution >= 0.6 is 11.6 Å². The summed E-state index contributed by atoms with van der Waals surface area (Å²) >= 11 is 5.93. The second-order valence-corrected chi connectivity index (χ2v) is 5.49. The second kappa shape index (κ2) is 8.17. The molecule has 0 spiro atoms. The molecule has 1 saturated carbocycles. The molecule has 7 heteroatoms. The molecule has 2 rings (SSSR count). The van der Waals surface area contributed by atoms with E-state index in [4.69, 9.17) is 22.2 Å². The molecule has 21 heavy (non-hydrogen) atoms. The standard InChI is InChI=1S/C14H21ClN4O2/c15-12-8-10(9-18-13(12)19-16)14(20)17-6-7-21-11-4-2-1-3-5-11/h8-9,11H,1-7,16H2,(H,17,20)(H,18,19). The lowest BCUT2D eigenvalue weighted by molar-refractivity contribution is 0.0299. The Morgan fingerprint density at radius 2 is 2.19 bits per heavy atom. The number of halogens is 1. The molecule has 1 heterocycles. The van der Waals surface area contributed by atoms with Gasteiger partial charge in [0.15, 0.2) is 5.82 Å². The van der Waals surface area contributed by atoms with Gasteiger partial charge < -0.3 is 15.5 Å². The van der Waals surface area contributed by atoms with E-state index in [1.807, 2.05) is 0 Å². The molecule has 6 nitrogen and oxygen atoms in total. The number of ether oxygens (including phenoxy) is 1. The number of nitrogen functional groups attached to an aromatic ring is 1. The van der Waals surface area contributed by atoms with Gasteiger partial charge >= 0.3 is 0 Å². The predicted octanol–water partition coefficient (Wildman–Crippen LogP) is 2.10. The van der Waals surface area contributed by atoms with Gasteiger partial charge in [-0.1, -0.05) is 30.9 Å². The second-order valence-electron chi connectivity index (χ2n) is 5.09. The number of hydrogen-bond donors (Lipinski definition) is 3. The SMILES string of the molecule is NNc1ncc(C(=O)NCCOC2CCCCC2)cc1Cl. The Labute approximate surface area is 129 Å². The number of hydrogen-bond acceptors (Lipinski definition) is 5. The Morgan fingerprint density at radius 3 is 2.86 bits per heavy atom. The van der Waals surface area contributed by atoms with Gasteiger partial charge in [0.05, 0.1) is 23.3 Å². The van der Waals surface area contributed by atoms with Gasteiger partial charge in [-0.2, -0.15) is 0 Å². The maximum absolute atomic E-state index is 11.9. The zero-order valence-electron chi connectivity index (χ0n) is 11.9. The summed E-state index contributed by atoms with van der Waals surface area (Å²) in [5, 5.41) is 3.10. The Kier molecular flexibility index (Phi) is 6.22. The molecule has 0 bridgehead atoms. The lowest BCUT2D eigenvalue weighted by atomic mass is 9.98. The van der Waals surface area contributed by atoms with Crippen LogP contribution in [0.2, 0.25) is 5.02 Å². The summed E-state index contributed by atoms with van der Waals surface area (Å²) in [6.45, 7) is 1.00. The number of rotatable bonds is 6. The van der Waals surface area contributed by atoms with Gasteiger partial charge in [0.1, 0.15) is 0 Å². The van der Waals surface area contributed by atoms with Crippen molar-refractivity contribution in [1.82, 2.24) is 10.3 Å². The highest BCUT2D eigenvalue weighted by atomic mass is 35.5. The minimum atomic E-state index is -0.222. The number of anilines is 1. The number of amides is 1. The van der Waals surface area contributed by atoms with Gasteiger partial charge in [0.25, 0.3) is 5.91 Å². The summed E-state index contributed by atoms with van der Waals surface area (Å²) < 4.78 is 5.75. The summed E-state index contributed by atoms with van der Waals surface area (Å²) in [6.07, 6.45) is 7.81. The molecule has 1 aromatic heterocycles. The molecule has 0 unspecified atom stereocenters. The normalized spacial score (nSPS) is 15.7. The number of nitrogens with one attached hydrogen (secondary N) is 2. The van der Waals surface area contributed by atoms with Crippen molar-refractivity contribution >= 4 is 23.3 Å². The molecular weight excluding hydrogens is 292 g/mol. The minimum Gasteiger partial charge on any atom is -0.376 e. The fraction of sp³-hybridized carbons (Fsp3) is 0.571. The largest absolute Gasteiger partial charge is 0.376 e. The van der Waals surface area contributed by atoms with Crippen LogP contribution in [-0.4, -0.2) is 30.1 Å². The molecule has 1 fully saturated rings. The Morgan fingerprint density at radius 1 is 1.43 bits per heavy atom. The monoisotopic (exact) mass is 312 g/mol. The molecule has 0 atom stereocenters. The van der Waals surface area contributed by atoms with Gasteiger partial charge in [0.2, 0.25) is 0 Å². The number of nitrogens with two attached hydrogens (primary N) is 1. The van der Waals surface area contributed by atoms with Crippen LogP contribution in [-0.2, 0) is 4.74 Å². The topological polar surface area (TPSA) is 89.3 Å². The first-order valence-electron chi connectivity index (χ1n) is 7.22. The average Bonchev–Trinajstić information content (AvgIpc) is 2.52. The first-order chi connectivity index (χ1) is 10.2. The molecule has 0 aliphatic heterocycles. The third-order valence-electron chi connectivity index (χ3n) is 3.53. The van der Waals surface area contributed by atoms with Crippen molar-refractivity contribution in [2.24, 2.45) is 5.84 Å². The maximum atomic E-state index is 11.9. The van der Waals surface area contributed by atoms with Crippen LogP contribution in [0, 0.1) is 0 Å². The van der Waals surface area contributed by atoms with E-state index in [1.54, 1.807) is 0 Å². The molecule has 1 amide bonds. The molecule has 0 radical (unpaired) electrons. The van der Waals surface area contributed by atoms with E-state index in [0.717, 1.165) is 12.8 Å². The number of pyridine rings is 1. The lowest BCUT2D eigenvalue weighted by Gasteiger charge is -2.22. The van der Waals surface area contributed by atoms with Gasteiger partial charge in [0, 0.05) is 12.7 Å². The Bertz CT molecular complexity index is 478. The van der Waals surface area contributed by atoms with E-state index in [2.05, 4.69) is 15.7 Å². The molecule has 0 saturated heterocycles. The van der Waals surface area contributed by atoms with E-state index < -0.39 is 0 Å². The predicted molar refractivity (Wildman–Crippen MR) is 82.2 cm³/mol. The zero-order valence-corrected chi connectivity index (χ0v) is 12.7. The fourth-order valence-corrected chi connectivity index (χ4v) is 2.61. The van der Waals surface area contributed by atoms with Crippen LogP contribution in [0.1, 0.15) is 42.5 Å². The van der Waals surface area contributed by atoms with Gasteiger partial charge in [-0.05, 0) is 18.9 Å². The molecule has 116 valence electrons. The summed E-state index contributed by atoms with van der Waals surface area (Å²) in [4.78, 5) is 15.9. The number of nitrogens with zero attached hydrogens (tertiary/aromatic N) is 1. The van der Waals surface area contributed by atoms with Gasteiger partial charge in [-0.25, -0.2) is 10.8 Å². The fourth-order valence-electron chi connectivity index (χ4n) is 2.39. The molecule has 1 aromatic rings. The van der Waals surface area contributed by atoms with Crippen LogP contribution in [0.3, 0.4) is 0 Å². The zero-order chi connectivity index (χ0) is 15.1. The van der Waals surface area contributed by atoms with Crippen LogP contribution < -0.4 is 16.6 Å². The Hall–Kier alpha value is -1.37. The number of carbonyl (C=O) groups is 1. The average molecular weight is 313 g/mol.